The van der Waals surface area contributed by atoms with Gasteiger partial charge in [-0.1, -0.05) is 71.4 Å². The van der Waals surface area contributed by atoms with E-state index >= 15 is 0 Å². The van der Waals surface area contributed by atoms with Crippen molar-refractivity contribution in [3.05, 3.63) is 42.0 Å². The molecule has 2 rings (SSSR count). The molecule has 0 unspecified atom stereocenters. The van der Waals surface area contributed by atoms with Crippen molar-refractivity contribution in [3.8, 4) is 5.75 Å². The lowest BCUT2D eigenvalue weighted by Gasteiger charge is -2.39. The predicted octanol–water partition coefficient (Wildman–Crippen LogP) is 8.35. The minimum Gasteiger partial charge on any atom is -0.491 e. The van der Waals surface area contributed by atoms with Crippen LogP contribution in [0.4, 0.5) is 0 Å². The second kappa shape index (κ2) is 14.3. The largest absolute Gasteiger partial charge is 0.491 e. The summed E-state index contributed by atoms with van der Waals surface area (Å²) in [7, 11) is -3.61. The van der Waals surface area contributed by atoms with Gasteiger partial charge in [-0.15, -0.1) is 0 Å². The Bertz CT molecular complexity index is 776. The summed E-state index contributed by atoms with van der Waals surface area (Å²) in [6.45, 7) is 19.3. The third kappa shape index (κ3) is 8.83. The quantitative estimate of drug-likeness (QED) is 0.171. The summed E-state index contributed by atoms with van der Waals surface area (Å²) in [6, 6.07) is 13.6. The minimum atomic E-state index is -1.93. The van der Waals surface area contributed by atoms with Gasteiger partial charge in [0.1, 0.15) is 12.4 Å². The molecule has 1 aromatic carbocycles. The van der Waals surface area contributed by atoms with Gasteiger partial charge >= 0.3 is 0 Å². The highest BCUT2D eigenvalue weighted by Gasteiger charge is 2.40. The minimum absolute atomic E-state index is 0.0563. The maximum Gasteiger partial charge on any atom is 0.192 e. The van der Waals surface area contributed by atoms with E-state index in [0.717, 1.165) is 37.9 Å². The fourth-order valence-electron chi connectivity index (χ4n) is 5.05. The molecule has 0 saturated heterocycles. The molecule has 6 heteroatoms. The number of ether oxygens (including phenoxy) is 1. The molecule has 4 nitrogen and oxygen atoms in total. The van der Waals surface area contributed by atoms with E-state index in [1.54, 1.807) is 0 Å². The summed E-state index contributed by atoms with van der Waals surface area (Å²) in [6.07, 6.45) is 7.57. The van der Waals surface area contributed by atoms with Crippen molar-refractivity contribution >= 4 is 16.6 Å². The van der Waals surface area contributed by atoms with Crippen molar-refractivity contribution in [2.45, 2.75) is 122 Å². The van der Waals surface area contributed by atoms with Crippen LogP contribution in [0.2, 0.25) is 36.3 Å². The van der Waals surface area contributed by atoms with Gasteiger partial charge < -0.3 is 18.7 Å². The molecule has 206 valence electrons. The second-order valence-electron chi connectivity index (χ2n) is 12.0. The lowest BCUT2D eigenvalue weighted by molar-refractivity contribution is 0.105. The Morgan fingerprint density at radius 2 is 1.67 bits per heavy atom. The van der Waals surface area contributed by atoms with Crippen molar-refractivity contribution in [2.75, 3.05) is 13.2 Å². The number of para-hydroxylation sites is 1. The lowest BCUT2D eigenvalue weighted by Crippen LogP contribution is -2.45. The van der Waals surface area contributed by atoms with Crippen LogP contribution in [0.25, 0.3) is 0 Å². The first kappa shape index (κ1) is 31.3. The van der Waals surface area contributed by atoms with Crippen LogP contribution in [0.1, 0.15) is 73.6 Å². The first-order chi connectivity index (χ1) is 17.0. The van der Waals surface area contributed by atoms with E-state index in [1.807, 2.05) is 30.3 Å². The SMILES string of the molecule is CC[Si](CC)(CC)O[C@H]1CC=C(CC[C@@H](COc2ccccc2)O[Si](C)(C)C(C)(C)C)[C@H]1CCCO. The molecule has 0 aliphatic heterocycles. The van der Waals surface area contributed by atoms with E-state index in [4.69, 9.17) is 13.6 Å². The maximum atomic E-state index is 9.59. The van der Waals surface area contributed by atoms with Crippen molar-refractivity contribution < 1.29 is 18.7 Å². The summed E-state index contributed by atoms with van der Waals surface area (Å²) < 4.78 is 20.1. The van der Waals surface area contributed by atoms with Gasteiger partial charge in [0.15, 0.2) is 16.6 Å². The molecule has 0 spiro atoms. The molecular weight excluding hydrogens is 480 g/mol. The van der Waals surface area contributed by atoms with Crippen molar-refractivity contribution in [1.82, 2.24) is 0 Å². The van der Waals surface area contributed by atoms with E-state index < -0.39 is 16.6 Å². The lowest BCUT2D eigenvalue weighted by atomic mass is 9.90. The molecule has 0 radical (unpaired) electrons. The fourth-order valence-corrected chi connectivity index (χ4v) is 9.32. The van der Waals surface area contributed by atoms with E-state index in [1.165, 1.54) is 23.7 Å². The molecule has 0 heterocycles. The van der Waals surface area contributed by atoms with Gasteiger partial charge in [0.2, 0.25) is 0 Å². The zero-order valence-corrected chi connectivity index (χ0v) is 26.4. The Hall–Kier alpha value is -0.926. The number of aliphatic hydroxyl groups excluding tert-OH is 1. The Kier molecular flexibility index (Phi) is 12.4. The molecule has 1 N–H and O–H groups in total. The third-order valence-corrected chi connectivity index (χ3v) is 18.0. The van der Waals surface area contributed by atoms with E-state index in [0.29, 0.717) is 12.5 Å². The number of aliphatic hydroxyl groups is 1. The Balaban J connectivity index is 2.13. The van der Waals surface area contributed by atoms with Crippen LogP contribution in [0, 0.1) is 5.92 Å². The van der Waals surface area contributed by atoms with Gasteiger partial charge in [-0.05, 0) is 80.5 Å². The Labute approximate surface area is 224 Å². The summed E-state index contributed by atoms with van der Waals surface area (Å²) in [5, 5.41) is 9.74. The molecule has 36 heavy (non-hydrogen) atoms. The number of benzene rings is 1. The summed E-state index contributed by atoms with van der Waals surface area (Å²) in [5.41, 5.74) is 1.50. The average Bonchev–Trinajstić information content (AvgIpc) is 3.23. The van der Waals surface area contributed by atoms with E-state index in [2.05, 4.69) is 60.7 Å². The van der Waals surface area contributed by atoms with Crippen LogP contribution >= 0.6 is 0 Å². The summed E-state index contributed by atoms with van der Waals surface area (Å²) in [4.78, 5) is 0. The van der Waals surface area contributed by atoms with Gasteiger partial charge in [0.25, 0.3) is 0 Å². The van der Waals surface area contributed by atoms with Crippen LogP contribution < -0.4 is 4.74 Å². The normalized spacial score (nSPS) is 19.9. The highest BCUT2D eigenvalue weighted by atomic mass is 28.4. The van der Waals surface area contributed by atoms with Crippen LogP contribution in [0.5, 0.6) is 5.75 Å². The first-order valence-corrected chi connectivity index (χ1v) is 19.8. The number of hydrogen-bond donors (Lipinski definition) is 1. The monoisotopic (exact) mass is 534 g/mol. The highest BCUT2D eigenvalue weighted by molar-refractivity contribution is 6.74. The first-order valence-electron chi connectivity index (χ1n) is 14.3. The van der Waals surface area contributed by atoms with Gasteiger partial charge in [-0.3, -0.25) is 0 Å². The molecule has 1 aromatic rings. The number of hydrogen-bond acceptors (Lipinski definition) is 4. The molecule has 0 amide bonds. The van der Waals surface area contributed by atoms with Crippen LogP contribution in [0.3, 0.4) is 0 Å². The Morgan fingerprint density at radius 3 is 2.22 bits per heavy atom. The summed E-state index contributed by atoms with van der Waals surface area (Å²) in [5.74, 6) is 1.31. The predicted molar refractivity (Wildman–Crippen MR) is 158 cm³/mol. The molecule has 0 aromatic heterocycles. The molecule has 0 fully saturated rings. The van der Waals surface area contributed by atoms with Crippen molar-refractivity contribution in [1.29, 1.82) is 0 Å². The maximum absolute atomic E-state index is 9.59. The van der Waals surface area contributed by atoms with Crippen LogP contribution in [-0.4, -0.2) is 47.2 Å². The molecular formula is C30H54O4Si2. The highest BCUT2D eigenvalue weighted by Crippen LogP contribution is 2.41. The van der Waals surface area contributed by atoms with Crippen molar-refractivity contribution in [3.63, 3.8) is 0 Å². The van der Waals surface area contributed by atoms with Gasteiger partial charge in [-0.2, -0.15) is 0 Å². The molecule has 3 atom stereocenters. The molecule has 0 saturated carbocycles. The smallest absolute Gasteiger partial charge is 0.192 e. The van der Waals surface area contributed by atoms with E-state index in [-0.39, 0.29) is 23.9 Å². The second-order valence-corrected chi connectivity index (χ2v) is 21.5. The zero-order chi connectivity index (χ0) is 26.8. The van der Waals surface area contributed by atoms with Gasteiger partial charge in [-0.25, -0.2) is 0 Å². The number of rotatable bonds is 16. The van der Waals surface area contributed by atoms with Crippen LogP contribution in [0.15, 0.2) is 42.0 Å². The molecule has 1 aliphatic rings. The van der Waals surface area contributed by atoms with Gasteiger partial charge in [0.05, 0.1) is 12.2 Å². The van der Waals surface area contributed by atoms with Crippen LogP contribution in [-0.2, 0) is 8.85 Å². The third-order valence-electron chi connectivity index (χ3n) is 8.75. The summed E-state index contributed by atoms with van der Waals surface area (Å²) >= 11 is 0. The van der Waals surface area contributed by atoms with Gasteiger partial charge in [0, 0.05) is 12.5 Å². The van der Waals surface area contributed by atoms with Crippen molar-refractivity contribution in [2.24, 2.45) is 5.92 Å². The molecule has 1 aliphatic carbocycles. The topological polar surface area (TPSA) is 47.9 Å². The zero-order valence-electron chi connectivity index (χ0n) is 24.4. The Morgan fingerprint density at radius 1 is 1.03 bits per heavy atom. The molecule has 0 bridgehead atoms. The fraction of sp³-hybridized carbons (Fsp3) is 0.733. The van der Waals surface area contributed by atoms with E-state index in [9.17, 15) is 5.11 Å². The average molecular weight is 535 g/mol. The standard InChI is InChI=1S/C30H54O4Si2/c1-9-36(10-2,11-3)34-29-22-20-25(28(29)18-15-23-31)19-21-27(33-35(7,8)30(4,5)6)24-32-26-16-13-12-14-17-26/h12-14,16-17,20,27-29,31H,9-11,15,18-19,21-24H2,1-8H3/t27-,28+,29-/m0/s1.